The predicted molar refractivity (Wildman–Crippen MR) is 173 cm³/mol. The van der Waals surface area contributed by atoms with E-state index in [1.54, 1.807) is 33.8 Å². The van der Waals surface area contributed by atoms with Crippen LogP contribution >= 0.6 is 0 Å². The summed E-state index contributed by atoms with van der Waals surface area (Å²) >= 11 is 0. The van der Waals surface area contributed by atoms with Crippen molar-refractivity contribution in [2.24, 2.45) is 17.8 Å². The number of rotatable bonds is 12. The molecule has 1 amide bonds. The number of ketones is 1. The second-order valence-corrected chi connectivity index (χ2v) is 11.5. The molecule has 2 heterocycles. The second kappa shape index (κ2) is 19.0. The molecule has 256 valence electrons. The van der Waals surface area contributed by atoms with Crippen molar-refractivity contribution in [2.45, 2.75) is 72.6 Å². The fourth-order valence-corrected chi connectivity index (χ4v) is 4.41. The van der Waals surface area contributed by atoms with Gasteiger partial charge < -0.3 is 29.0 Å². The molecule has 1 aromatic carbocycles. The van der Waals surface area contributed by atoms with Crippen LogP contribution in [0.15, 0.2) is 55.3 Å². The molecule has 47 heavy (non-hydrogen) atoms. The lowest BCUT2D eigenvalue weighted by atomic mass is 9.91. The molecule has 0 unspecified atom stereocenters. The third kappa shape index (κ3) is 11.5. The molecule has 12 heteroatoms. The summed E-state index contributed by atoms with van der Waals surface area (Å²) in [6, 6.07) is 9.16. The minimum absolute atomic E-state index is 0.0190. The number of cyclic esters (lactones) is 2. The van der Waals surface area contributed by atoms with Crippen LogP contribution in [0.3, 0.4) is 0 Å². The topological polar surface area (TPSA) is 156 Å². The largest absolute Gasteiger partial charge is 0.493 e. The van der Waals surface area contributed by atoms with Gasteiger partial charge in [0.2, 0.25) is 0 Å². The van der Waals surface area contributed by atoms with Gasteiger partial charge in [-0.05, 0) is 25.8 Å². The molecule has 0 bridgehead atoms. The van der Waals surface area contributed by atoms with Crippen molar-refractivity contribution in [2.75, 3.05) is 20.3 Å². The molecule has 1 fully saturated rings. The summed E-state index contributed by atoms with van der Waals surface area (Å²) in [6.07, 6.45) is 1.13. The third-order valence-corrected chi connectivity index (χ3v) is 7.01. The van der Waals surface area contributed by atoms with E-state index >= 15 is 0 Å². The van der Waals surface area contributed by atoms with Gasteiger partial charge in [-0.2, -0.15) is 0 Å². The Labute approximate surface area is 276 Å². The van der Waals surface area contributed by atoms with Gasteiger partial charge in [0.25, 0.3) is 5.91 Å². The zero-order valence-electron chi connectivity index (χ0n) is 28.1. The van der Waals surface area contributed by atoms with Crippen molar-refractivity contribution in [3.05, 3.63) is 66.5 Å². The van der Waals surface area contributed by atoms with Gasteiger partial charge in [-0.3, -0.25) is 19.2 Å². The minimum Gasteiger partial charge on any atom is -0.493 e. The standard InChI is InChI=1S/C32H40N2O10.C3H6/c1-18(2)24(35)13-15-41-28-25(40-6)12-14-33-26(28)29(36)34-23-17-42-31(38)22(16-21-10-8-7-9-11-21)27(20(5)43-32(23)39)44-30(37)19(3)4;1-3-2/h7-12,14,18-20,22-23,27H,13,15-17H2,1-6H3,(H,34,36);3H,1H2,2H3/t20-,22+,23-,27-;/m0./s1/i;2+2. The monoisotopic (exact) mass is 656 g/mol. The Kier molecular flexibility index (Phi) is 15.6. The Bertz CT molecular complexity index is 1380. The van der Waals surface area contributed by atoms with E-state index in [1.165, 1.54) is 26.3 Å². The highest BCUT2D eigenvalue weighted by atomic mass is 16.6. The highest BCUT2D eigenvalue weighted by molar-refractivity contribution is 5.98. The second-order valence-electron chi connectivity index (χ2n) is 11.5. The van der Waals surface area contributed by atoms with Crippen LogP contribution in [0.2, 0.25) is 0 Å². The molecule has 4 atom stereocenters. The number of nitrogens with one attached hydrogen (secondary N) is 1. The van der Waals surface area contributed by atoms with E-state index in [0.717, 1.165) is 5.56 Å². The highest BCUT2D eigenvalue weighted by Gasteiger charge is 2.42. The summed E-state index contributed by atoms with van der Waals surface area (Å²) in [4.78, 5) is 68.9. The van der Waals surface area contributed by atoms with E-state index in [1.807, 2.05) is 37.3 Å². The van der Waals surface area contributed by atoms with Crippen molar-refractivity contribution in [3.63, 3.8) is 0 Å². The van der Waals surface area contributed by atoms with Gasteiger partial charge in [0.1, 0.15) is 24.4 Å². The van der Waals surface area contributed by atoms with Crippen molar-refractivity contribution >= 4 is 29.6 Å². The van der Waals surface area contributed by atoms with Gasteiger partial charge in [0.15, 0.2) is 29.3 Å². The Morgan fingerprint density at radius 1 is 1.09 bits per heavy atom. The number of pyridine rings is 1. The zero-order chi connectivity index (χ0) is 35.1. The minimum atomic E-state index is -1.42. The molecular weight excluding hydrogens is 610 g/mol. The number of methoxy groups -OCH3 is 1. The number of esters is 3. The lowest BCUT2D eigenvalue weighted by Gasteiger charge is -2.29. The molecule has 1 N–H and O–H groups in total. The van der Waals surface area contributed by atoms with Crippen LogP contribution in [0.5, 0.6) is 11.5 Å². The molecule has 0 spiro atoms. The number of Topliss-reactive ketones (excluding diaryl/α,β-unsaturated/α-hetero) is 1. The van der Waals surface area contributed by atoms with Gasteiger partial charge in [0.05, 0.1) is 19.6 Å². The number of carbonyl (C=O) groups is 5. The van der Waals surface area contributed by atoms with Crippen LogP contribution in [0.25, 0.3) is 0 Å². The van der Waals surface area contributed by atoms with E-state index in [0.29, 0.717) is 0 Å². The first-order valence-electron chi connectivity index (χ1n) is 15.5. The maximum absolute atomic E-state index is 13.4. The number of allylic oxidation sites excluding steroid dienone is 1. The maximum atomic E-state index is 13.4. The van der Waals surface area contributed by atoms with Crippen LogP contribution < -0.4 is 14.8 Å². The molecule has 0 aliphatic carbocycles. The number of hydrogen-bond acceptors (Lipinski definition) is 11. The zero-order valence-corrected chi connectivity index (χ0v) is 28.1. The van der Waals surface area contributed by atoms with Crippen molar-refractivity contribution in [1.29, 1.82) is 0 Å². The summed E-state index contributed by atoms with van der Waals surface area (Å²) in [6.45, 7) is 13.0. The number of amides is 1. The van der Waals surface area contributed by atoms with Crippen LogP contribution in [-0.2, 0) is 39.8 Å². The number of aromatic nitrogens is 1. The average Bonchev–Trinajstić information content (AvgIpc) is 3.07. The Hall–Kier alpha value is -4.74. The smallest absolute Gasteiger partial charge is 0.332 e. The van der Waals surface area contributed by atoms with Gasteiger partial charge >= 0.3 is 17.9 Å². The number of hydrogen-bond donors (Lipinski definition) is 1. The summed E-state index contributed by atoms with van der Waals surface area (Å²) in [5.74, 6) is -4.55. The van der Waals surface area contributed by atoms with Crippen LogP contribution in [0.1, 0.15) is 64.0 Å². The SMILES string of the molecule is C=C[14CH3].COc1ccnc(C(=O)N[C@H]2COC(=O)[C@H](Cc3ccccc3)[C@@H](OC(=O)C(C)C)[C@H](C)OC2=O)c1OCCC(=O)C(C)C. The van der Waals surface area contributed by atoms with Crippen molar-refractivity contribution < 1.29 is 47.7 Å². The quantitative estimate of drug-likeness (QED) is 0.198. The van der Waals surface area contributed by atoms with Gasteiger partial charge in [-0.1, -0.05) is 64.1 Å². The fraction of sp³-hybridized carbons (Fsp3) is 0.486. The van der Waals surface area contributed by atoms with Gasteiger partial charge in [-0.15, -0.1) is 6.58 Å². The Morgan fingerprint density at radius 2 is 1.74 bits per heavy atom. The van der Waals surface area contributed by atoms with Crippen LogP contribution in [0.4, 0.5) is 0 Å². The summed E-state index contributed by atoms with van der Waals surface area (Å²) in [5.41, 5.74) is 0.577. The van der Waals surface area contributed by atoms with Crippen molar-refractivity contribution in [3.8, 4) is 11.5 Å². The third-order valence-electron chi connectivity index (χ3n) is 7.01. The van der Waals surface area contributed by atoms with E-state index in [-0.39, 0.29) is 48.3 Å². The van der Waals surface area contributed by atoms with E-state index in [4.69, 9.17) is 23.7 Å². The molecule has 1 saturated heterocycles. The molecule has 1 aliphatic heterocycles. The van der Waals surface area contributed by atoms with Crippen LogP contribution in [0, 0.1) is 17.8 Å². The first-order valence-corrected chi connectivity index (χ1v) is 15.5. The van der Waals surface area contributed by atoms with Gasteiger partial charge in [0, 0.05) is 24.6 Å². The molecule has 0 saturated carbocycles. The summed E-state index contributed by atoms with van der Waals surface area (Å²) in [7, 11) is 1.38. The molecule has 0 radical (unpaired) electrons. The van der Waals surface area contributed by atoms with E-state index < -0.39 is 60.5 Å². The number of carbonyl (C=O) groups excluding carboxylic acids is 5. The molecular formula is C35H46N2O10. The Morgan fingerprint density at radius 3 is 2.34 bits per heavy atom. The van der Waals surface area contributed by atoms with Crippen LogP contribution in [-0.4, -0.2) is 73.2 Å². The van der Waals surface area contributed by atoms with Crippen molar-refractivity contribution in [1.82, 2.24) is 10.3 Å². The summed E-state index contributed by atoms with van der Waals surface area (Å²) in [5, 5.41) is 2.51. The molecule has 1 aliphatic rings. The average molecular weight is 657 g/mol. The number of nitrogens with zero attached hydrogens (tertiary/aromatic N) is 1. The lowest BCUT2D eigenvalue weighted by Crippen LogP contribution is -2.47. The van der Waals surface area contributed by atoms with Gasteiger partial charge in [-0.25, -0.2) is 9.78 Å². The lowest BCUT2D eigenvalue weighted by molar-refractivity contribution is -0.176. The Balaban J connectivity index is 0.00000246. The fourth-order valence-electron chi connectivity index (χ4n) is 4.41. The number of ether oxygens (including phenoxy) is 5. The molecule has 12 nitrogen and oxygen atoms in total. The molecule has 3 rings (SSSR count). The first-order chi connectivity index (χ1) is 22.3. The molecule has 2 aromatic rings. The highest BCUT2D eigenvalue weighted by Crippen LogP contribution is 2.30. The van der Waals surface area contributed by atoms with E-state index in [9.17, 15) is 24.0 Å². The summed E-state index contributed by atoms with van der Waals surface area (Å²) < 4.78 is 27.9. The predicted octanol–water partition coefficient (Wildman–Crippen LogP) is 4.29. The first kappa shape index (κ1) is 38.4. The normalized spacial score (nSPS) is 19.4. The molecule has 1 aromatic heterocycles. The maximum Gasteiger partial charge on any atom is 0.332 e. The number of benzene rings is 1. The van der Waals surface area contributed by atoms with E-state index in [2.05, 4.69) is 16.9 Å².